The highest BCUT2D eigenvalue weighted by Gasteiger charge is 2.21. The summed E-state index contributed by atoms with van der Waals surface area (Å²) in [5.74, 6) is -0.250. The summed E-state index contributed by atoms with van der Waals surface area (Å²) in [6.07, 6.45) is 0.289. The number of carbonyl (C=O) groups excluding carboxylic acids is 1. The van der Waals surface area contributed by atoms with E-state index in [1.807, 2.05) is 13.8 Å². The largest absolute Gasteiger partial charge is 0.469 e. The zero-order valence-corrected chi connectivity index (χ0v) is 7.43. The average molecular weight is 161 g/mol. The van der Waals surface area contributed by atoms with Crippen molar-refractivity contribution in [2.75, 3.05) is 14.2 Å². The first-order valence-electron chi connectivity index (χ1n) is 3.39. The van der Waals surface area contributed by atoms with Crippen LogP contribution in [0, 0.1) is 0 Å². The third kappa shape index (κ3) is 4.75. The molecule has 0 atom stereocenters. The van der Waals surface area contributed by atoms with Crippen molar-refractivity contribution in [3.05, 3.63) is 0 Å². The number of hydroxylamine groups is 1. The van der Waals surface area contributed by atoms with Crippen LogP contribution in [0.15, 0.2) is 0 Å². The summed E-state index contributed by atoms with van der Waals surface area (Å²) >= 11 is 0. The minimum absolute atomic E-state index is 0.250. The van der Waals surface area contributed by atoms with Crippen LogP contribution < -0.4 is 5.48 Å². The van der Waals surface area contributed by atoms with Crippen LogP contribution in [0.1, 0.15) is 20.3 Å². The molecule has 0 aliphatic rings. The Balaban J connectivity index is 3.80. The maximum atomic E-state index is 10.8. The second-order valence-electron chi connectivity index (χ2n) is 2.94. The fourth-order valence-corrected chi connectivity index (χ4v) is 0.745. The van der Waals surface area contributed by atoms with Gasteiger partial charge in [-0.05, 0) is 13.8 Å². The molecule has 1 N–H and O–H groups in total. The van der Waals surface area contributed by atoms with E-state index in [0.29, 0.717) is 0 Å². The highest BCUT2D eigenvalue weighted by Crippen LogP contribution is 2.08. The fourth-order valence-electron chi connectivity index (χ4n) is 0.745. The summed E-state index contributed by atoms with van der Waals surface area (Å²) in [7, 11) is 2.88. The van der Waals surface area contributed by atoms with E-state index in [-0.39, 0.29) is 17.9 Å². The normalized spacial score (nSPS) is 11.3. The summed E-state index contributed by atoms with van der Waals surface area (Å²) in [5.41, 5.74) is 2.31. The van der Waals surface area contributed by atoms with E-state index in [9.17, 15) is 4.79 Å². The van der Waals surface area contributed by atoms with Gasteiger partial charge in [0.25, 0.3) is 0 Å². The van der Waals surface area contributed by atoms with Gasteiger partial charge >= 0.3 is 5.97 Å². The molecule has 0 aromatic heterocycles. The van der Waals surface area contributed by atoms with Crippen molar-refractivity contribution < 1.29 is 14.4 Å². The molecule has 0 rings (SSSR count). The Kier molecular flexibility index (Phi) is 4.07. The van der Waals surface area contributed by atoms with Crippen LogP contribution in [-0.2, 0) is 14.4 Å². The quantitative estimate of drug-likeness (QED) is 0.481. The lowest BCUT2D eigenvalue weighted by molar-refractivity contribution is -0.143. The van der Waals surface area contributed by atoms with E-state index in [4.69, 9.17) is 4.84 Å². The molecule has 4 nitrogen and oxygen atoms in total. The van der Waals surface area contributed by atoms with Gasteiger partial charge in [0, 0.05) is 5.54 Å². The van der Waals surface area contributed by atoms with Gasteiger partial charge in [-0.25, -0.2) is 0 Å². The molecule has 11 heavy (non-hydrogen) atoms. The number of hydrogen-bond acceptors (Lipinski definition) is 4. The smallest absolute Gasteiger partial charge is 0.307 e. The number of nitrogens with one attached hydrogen (secondary N) is 1. The predicted molar refractivity (Wildman–Crippen MR) is 40.9 cm³/mol. The molecule has 0 fully saturated rings. The molecule has 0 heterocycles. The van der Waals surface area contributed by atoms with E-state index in [1.54, 1.807) is 0 Å². The Morgan fingerprint density at radius 2 is 2.00 bits per heavy atom. The first kappa shape index (κ1) is 10.4. The highest BCUT2D eigenvalue weighted by atomic mass is 16.6. The molecule has 0 saturated heterocycles. The summed E-state index contributed by atoms with van der Waals surface area (Å²) in [4.78, 5) is 15.5. The van der Waals surface area contributed by atoms with Crippen LogP contribution in [0.25, 0.3) is 0 Å². The zero-order chi connectivity index (χ0) is 8.91. The van der Waals surface area contributed by atoms with E-state index in [0.717, 1.165) is 0 Å². The molecule has 0 radical (unpaired) electrons. The Labute approximate surface area is 66.8 Å². The SMILES string of the molecule is CONC(C)(C)CC(=O)OC. The molecule has 0 spiro atoms. The van der Waals surface area contributed by atoms with Crippen molar-refractivity contribution in [3.63, 3.8) is 0 Å². The van der Waals surface area contributed by atoms with Crippen LogP contribution >= 0.6 is 0 Å². The van der Waals surface area contributed by atoms with E-state index in [2.05, 4.69) is 10.2 Å². The second kappa shape index (κ2) is 4.31. The lowest BCUT2D eigenvalue weighted by atomic mass is 10.0. The molecule has 0 bridgehead atoms. The molecule has 0 saturated carbocycles. The molecule has 0 amide bonds. The van der Waals surface area contributed by atoms with Crippen LogP contribution in [0.4, 0.5) is 0 Å². The molecular formula is C7H15NO3. The number of rotatable bonds is 4. The van der Waals surface area contributed by atoms with Gasteiger partial charge < -0.3 is 9.57 Å². The fraction of sp³-hybridized carbons (Fsp3) is 0.857. The Morgan fingerprint density at radius 1 is 1.45 bits per heavy atom. The molecule has 0 aromatic rings. The number of hydrogen-bond donors (Lipinski definition) is 1. The number of carbonyl (C=O) groups is 1. The summed E-state index contributed by atoms with van der Waals surface area (Å²) in [6, 6.07) is 0. The maximum absolute atomic E-state index is 10.8. The third-order valence-electron chi connectivity index (χ3n) is 1.19. The summed E-state index contributed by atoms with van der Waals surface area (Å²) in [5, 5.41) is 0. The summed E-state index contributed by atoms with van der Waals surface area (Å²) < 4.78 is 4.50. The van der Waals surface area contributed by atoms with Crippen molar-refractivity contribution >= 4 is 5.97 Å². The number of ether oxygens (including phenoxy) is 1. The lowest BCUT2D eigenvalue weighted by Gasteiger charge is -2.22. The summed E-state index contributed by atoms with van der Waals surface area (Å²) in [6.45, 7) is 3.71. The molecular weight excluding hydrogens is 146 g/mol. The van der Waals surface area contributed by atoms with Gasteiger partial charge in [-0.2, -0.15) is 5.48 Å². The van der Waals surface area contributed by atoms with Crippen molar-refractivity contribution in [2.24, 2.45) is 0 Å². The average Bonchev–Trinajstić information content (AvgIpc) is 1.86. The minimum Gasteiger partial charge on any atom is -0.469 e. The van der Waals surface area contributed by atoms with Crippen molar-refractivity contribution in [3.8, 4) is 0 Å². The van der Waals surface area contributed by atoms with Crippen LogP contribution in [0.5, 0.6) is 0 Å². The topological polar surface area (TPSA) is 47.6 Å². The van der Waals surface area contributed by atoms with Crippen LogP contribution in [0.3, 0.4) is 0 Å². The van der Waals surface area contributed by atoms with E-state index in [1.165, 1.54) is 14.2 Å². The van der Waals surface area contributed by atoms with Crippen molar-refractivity contribution in [1.29, 1.82) is 0 Å². The van der Waals surface area contributed by atoms with Crippen molar-refractivity contribution in [1.82, 2.24) is 5.48 Å². The molecule has 0 aromatic carbocycles. The second-order valence-corrected chi connectivity index (χ2v) is 2.94. The maximum Gasteiger partial charge on any atom is 0.307 e. The van der Waals surface area contributed by atoms with Gasteiger partial charge in [0.2, 0.25) is 0 Å². The van der Waals surface area contributed by atoms with Crippen LogP contribution in [0.2, 0.25) is 0 Å². The minimum atomic E-state index is -0.373. The van der Waals surface area contributed by atoms with Gasteiger partial charge in [-0.1, -0.05) is 0 Å². The number of methoxy groups -OCH3 is 1. The first-order valence-corrected chi connectivity index (χ1v) is 3.39. The van der Waals surface area contributed by atoms with Crippen molar-refractivity contribution in [2.45, 2.75) is 25.8 Å². The highest BCUT2D eigenvalue weighted by molar-refractivity contribution is 5.70. The van der Waals surface area contributed by atoms with Gasteiger partial charge in [-0.15, -0.1) is 0 Å². The van der Waals surface area contributed by atoms with Gasteiger partial charge in [0.1, 0.15) is 0 Å². The van der Waals surface area contributed by atoms with Gasteiger partial charge in [0.15, 0.2) is 0 Å². The molecule has 66 valence electrons. The van der Waals surface area contributed by atoms with Crippen LogP contribution in [-0.4, -0.2) is 25.7 Å². The Bertz CT molecular complexity index is 134. The number of esters is 1. The molecule has 0 unspecified atom stereocenters. The van der Waals surface area contributed by atoms with Gasteiger partial charge in [0.05, 0.1) is 20.6 Å². The Hall–Kier alpha value is -0.610. The molecule has 0 aliphatic heterocycles. The van der Waals surface area contributed by atoms with E-state index < -0.39 is 0 Å². The monoisotopic (exact) mass is 161 g/mol. The molecule has 0 aliphatic carbocycles. The van der Waals surface area contributed by atoms with Gasteiger partial charge in [-0.3, -0.25) is 4.79 Å². The molecule has 4 heteroatoms. The third-order valence-corrected chi connectivity index (χ3v) is 1.19. The van der Waals surface area contributed by atoms with E-state index >= 15 is 0 Å². The Morgan fingerprint density at radius 3 is 2.36 bits per heavy atom. The first-order chi connectivity index (χ1) is 5.02. The lowest BCUT2D eigenvalue weighted by Crippen LogP contribution is -2.40. The predicted octanol–water partition coefficient (Wildman–Crippen LogP) is 0.479. The standard InChI is InChI=1S/C7H15NO3/c1-7(2,8-11-4)5-6(9)10-3/h8H,5H2,1-4H3. The zero-order valence-electron chi connectivity index (χ0n) is 7.43.